The Morgan fingerprint density at radius 3 is 2.08 bits per heavy atom. The summed E-state index contributed by atoms with van der Waals surface area (Å²) in [6, 6.07) is 33.8. The van der Waals surface area contributed by atoms with Crippen LogP contribution in [0.5, 0.6) is 11.5 Å². The van der Waals surface area contributed by atoms with Crippen LogP contribution in [-0.4, -0.2) is 32.5 Å². The second-order valence-corrected chi connectivity index (χ2v) is 11.5. The topological polar surface area (TPSA) is 111 Å². The van der Waals surface area contributed by atoms with Crippen molar-refractivity contribution in [2.75, 3.05) is 11.9 Å². The van der Waals surface area contributed by atoms with Crippen molar-refractivity contribution < 1.29 is 23.4 Å². The van der Waals surface area contributed by atoms with Crippen molar-refractivity contribution in [1.29, 1.82) is 0 Å². The van der Waals surface area contributed by atoms with E-state index in [-0.39, 0.29) is 18.4 Å². The Labute approximate surface area is 235 Å². The van der Waals surface area contributed by atoms with Crippen molar-refractivity contribution in [2.45, 2.75) is 24.6 Å². The number of hydrogen-bond donors (Lipinski definition) is 4. The molecule has 4 N–H and O–H groups in total. The molecule has 3 amide bonds. The highest BCUT2D eigenvalue weighted by Gasteiger charge is 2.37. The third kappa shape index (κ3) is 7.01. The molecule has 0 bridgehead atoms. The third-order valence-corrected chi connectivity index (χ3v) is 8.40. The van der Waals surface area contributed by atoms with Crippen molar-refractivity contribution in [2.24, 2.45) is 0 Å². The minimum absolute atomic E-state index is 0.0302. The Balaban J connectivity index is 1.26. The summed E-state index contributed by atoms with van der Waals surface area (Å²) in [5.41, 5.74) is 3.32. The molecule has 4 aromatic rings. The van der Waals surface area contributed by atoms with Gasteiger partial charge in [-0.25, -0.2) is 4.79 Å². The maximum Gasteiger partial charge on any atom is 0.322 e. The van der Waals surface area contributed by atoms with Crippen LogP contribution >= 0.6 is 10.8 Å². The number of urea groups is 1. The number of nitrogens with zero attached hydrogens (tertiary/aromatic N) is 1. The molecule has 1 fully saturated rings. The normalized spacial score (nSPS) is 16.6. The van der Waals surface area contributed by atoms with Crippen molar-refractivity contribution in [3.05, 3.63) is 126 Å². The van der Waals surface area contributed by atoms with Crippen LogP contribution in [0.15, 0.2) is 109 Å². The number of rotatable bonds is 9. The lowest BCUT2D eigenvalue weighted by atomic mass is 10.1. The minimum Gasteiger partial charge on any atom is -0.457 e. The lowest BCUT2D eigenvalue weighted by Gasteiger charge is -2.33. The lowest BCUT2D eigenvalue weighted by molar-refractivity contribution is -0.118. The van der Waals surface area contributed by atoms with Gasteiger partial charge in [0.25, 0.3) is 0 Å². The number of ether oxygens (including phenoxy) is 1. The zero-order chi connectivity index (χ0) is 28.0. The molecule has 1 atom stereocenters. The molecule has 1 unspecified atom stereocenters. The highest BCUT2D eigenvalue weighted by atomic mass is 32.3. The molecule has 0 aliphatic carbocycles. The molecule has 5 rings (SSSR count). The van der Waals surface area contributed by atoms with Gasteiger partial charge in [0.2, 0.25) is 5.91 Å². The Bertz CT molecular complexity index is 1430. The second-order valence-electron chi connectivity index (χ2n) is 9.58. The molecule has 0 radical (unpaired) electrons. The Morgan fingerprint density at radius 2 is 1.45 bits per heavy atom. The summed E-state index contributed by atoms with van der Waals surface area (Å²) >= 11 is 0. The predicted molar refractivity (Wildman–Crippen MR) is 157 cm³/mol. The fourth-order valence-corrected chi connectivity index (χ4v) is 6.00. The zero-order valence-corrected chi connectivity index (χ0v) is 22.6. The monoisotopic (exact) mass is 557 g/mol. The summed E-state index contributed by atoms with van der Waals surface area (Å²) in [6.07, 6.45) is 0.672. The largest absolute Gasteiger partial charge is 0.457 e. The summed E-state index contributed by atoms with van der Waals surface area (Å²) in [6.45, 7) is 0.827. The highest BCUT2D eigenvalue weighted by molar-refractivity contribution is 8.23. The summed E-state index contributed by atoms with van der Waals surface area (Å²) in [7, 11) is -3.22. The lowest BCUT2D eigenvalue weighted by Crippen LogP contribution is -2.36. The number of carbonyl (C=O) groups excluding carboxylic acids is 2. The van der Waals surface area contributed by atoms with E-state index in [1.165, 1.54) is 0 Å². The molecule has 8 nitrogen and oxygen atoms in total. The molecular weight excluding hydrogens is 526 g/mol. The Kier molecular flexibility index (Phi) is 8.35. The summed E-state index contributed by atoms with van der Waals surface area (Å²) < 4.78 is 28.6. The fourth-order valence-electron chi connectivity index (χ4n) is 4.52. The number of carbonyl (C=O) groups is 2. The van der Waals surface area contributed by atoms with Gasteiger partial charge in [0, 0.05) is 18.8 Å². The van der Waals surface area contributed by atoms with E-state index in [9.17, 15) is 18.7 Å². The molecule has 0 spiro atoms. The number of benzene rings is 4. The molecule has 0 aromatic heterocycles. The van der Waals surface area contributed by atoms with E-state index in [1.807, 2.05) is 97.1 Å². The van der Waals surface area contributed by atoms with Gasteiger partial charge in [-0.15, -0.1) is 10.8 Å². The van der Waals surface area contributed by atoms with Gasteiger partial charge in [-0.3, -0.25) is 18.6 Å². The number of amides is 3. The van der Waals surface area contributed by atoms with Crippen LogP contribution in [0.3, 0.4) is 0 Å². The molecule has 40 heavy (non-hydrogen) atoms. The van der Waals surface area contributed by atoms with E-state index in [0.29, 0.717) is 30.8 Å². The number of anilines is 1. The maximum atomic E-state index is 13.3. The van der Waals surface area contributed by atoms with Gasteiger partial charge in [-0.1, -0.05) is 72.8 Å². The molecule has 1 saturated heterocycles. The maximum absolute atomic E-state index is 13.3. The molecule has 1 heterocycles. The zero-order valence-electron chi connectivity index (χ0n) is 21.8. The summed E-state index contributed by atoms with van der Waals surface area (Å²) in [5.74, 6) is 1.13. The first-order valence-corrected chi connectivity index (χ1v) is 14.6. The van der Waals surface area contributed by atoms with Crippen LogP contribution in [0.4, 0.5) is 10.5 Å². The Hall–Kier alpha value is -4.31. The van der Waals surface area contributed by atoms with Crippen molar-refractivity contribution in [1.82, 2.24) is 9.62 Å². The Morgan fingerprint density at radius 1 is 0.850 bits per heavy atom. The van der Waals surface area contributed by atoms with Crippen LogP contribution in [-0.2, 0) is 17.8 Å². The van der Waals surface area contributed by atoms with Crippen molar-refractivity contribution in [3.8, 4) is 11.5 Å². The standard InChI is InChI=1S/C31H31N3O5S/c35-30-21-29(40(37,38)33-30)25-15-11-24(12-16-25)22-34(31(36)32-26-7-3-1-4-8-26)20-19-23-13-17-28(18-14-23)39-27-9-5-2-6-10-27/h1-18,29,37-38H,19-22H2,(H,32,36)(H,33,35). The SMILES string of the molecule is O=C1CC(c2ccc(CN(CCc3ccc(Oc4ccccc4)cc3)C(=O)Nc3ccccc3)cc2)S(O)(O)N1. The predicted octanol–water partition coefficient (Wildman–Crippen LogP) is 6.98. The van der Waals surface area contributed by atoms with Crippen LogP contribution < -0.4 is 14.8 Å². The summed E-state index contributed by atoms with van der Waals surface area (Å²) in [5, 5.41) is 2.28. The first kappa shape index (κ1) is 27.3. The van der Waals surface area contributed by atoms with Crippen LogP contribution in [0, 0.1) is 0 Å². The first-order chi connectivity index (χ1) is 19.4. The van der Waals surface area contributed by atoms with Crippen LogP contribution in [0.25, 0.3) is 0 Å². The van der Waals surface area contributed by atoms with Gasteiger partial charge >= 0.3 is 6.03 Å². The van der Waals surface area contributed by atoms with Gasteiger partial charge in [0.1, 0.15) is 16.7 Å². The minimum atomic E-state index is -3.22. The number of para-hydroxylation sites is 2. The van der Waals surface area contributed by atoms with Gasteiger partial charge in [0.05, 0.1) is 6.42 Å². The second kappa shape index (κ2) is 12.3. The average Bonchev–Trinajstić information content (AvgIpc) is 3.24. The fraction of sp³-hybridized carbons (Fsp3) is 0.161. The van der Waals surface area contributed by atoms with Gasteiger partial charge in [-0.05, 0) is 59.5 Å². The summed E-state index contributed by atoms with van der Waals surface area (Å²) in [4.78, 5) is 26.7. The van der Waals surface area contributed by atoms with E-state index in [2.05, 4.69) is 10.0 Å². The van der Waals surface area contributed by atoms with E-state index < -0.39 is 16.0 Å². The number of hydrogen-bond acceptors (Lipinski definition) is 5. The van der Waals surface area contributed by atoms with E-state index in [1.54, 1.807) is 17.0 Å². The number of nitrogens with one attached hydrogen (secondary N) is 2. The van der Waals surface area contributed by atoms with E-state index in [0.717, 1.165) is 22.6 Å². The average molecular weight is 558 g/mol. The van der Waals surface area contributed by atoms with Crippen molar-refractivity contribution in [3.63, 3.8) is 0 Å². The smallest absolute Gasteiger partial charge is 0.322 e. The molecule has 4 aromatic carbocycles. The van der Waals surface area contributed by atoms with Crippen LogP contribution in [0.2, 0.25) is 0 Å². The van der Waals surface area contributed by atoms with Gasteiger partial charge in [-0.2, -0.15) is 0 Å². The van der Waals surface area contributed by atoms with Gasteiger partial charge in [0.15, 0.2) is 0 Å². The highest BCUT2D eigenvalue weighted by Crippen LogP contribution is 2.56. The molecular formula is C31H31N3O5S. The van der Waals surface area contributed by atoms with Crippen LogP contribution in [0.1, 0.15) is 28.4 Å². The van der Waals surface area contributed by atoms with E-state index >= 15 is 0 Å². The quantitative estimate of drug-likeness (QED) is 0.177. The first-order valence-electron chi connectivity index (χ1n) is 12.9. The third-order valence-electron chi connectivity index (χ3n) is 6.64. The molecule has 1 aliphatic heterocycles. The molecule has 206 valence electrons. The molecule has 9 heteroatoms. The van der Waals surface area contributed by atoms with Crippen molar-refractivity contribution >= 4 is 28.4 Å². The van der Waals surface area contributed by atoms with E-state index in [4.69, 9.17) is 4.74 Å². The van der Waals surface area contributed by atoms with Gasteiger partial charge < -0.3 is 15.0 Å². The molecule has 1 aliphatic rings. The molecule has 0 saturated carbocycles.